The van der Waals surface area contributed by atoms with E-state index in [2.05, 4.69) is 80.6 Å². The number of fused-ring (bicyclic) bond motifs is 1. The van der Waals surface area contributed by atoms with Gasteiger partial charge in [0.2, 0.25) is 5.88 Å². The number of hydrogen-bond donors (Lipinski definition) is 5. The Morgan fingerprint density at radius 2 is 0.943 bits per heavy atom. The molecule has 8 heterocycles. The summed E-state index contributed by atoms with van der Waals surface area (Å²) in [5.41, 5.74) is -1.52. The molecule has 0 spiro atoms. The Bertz CT molecular complexity index is 7220. The van der Waals surface area contributed by atoms with Crippen molar-refractivity contribution in [2.75, 3.05) is 33.2 Å². The molecule has 16 rings (SSSR count). The Morgan fingerprint density at radius 1 is 0.440 bits per heavy atom. The van der Waals surface area contributed by atoms with Crippen molar-refractivity contribution in [3.63, 3.8) is 0 Å². The summed E-state index contributed by atoms with van der Waals surface area (Å²) in [5, 5.41) is 18.8. The zero-order valence-electron chi connectivity index (χ0n) is 73.7. The number of ether oxygens (including phenoxy) is 3. The summed E-state index contributed by atoms with van der Waals surface area (Å²) in [6.07, 6.45) is -10.8. The van der Waals surface area contributed by atoms with Crippen molar-refractivity contribution in [3.8, 4) is 72.8 Å². The number of carbonyl (C=O) groups is 5. The molecular formula is C94H67ClF21N15O9S. The lowest BCUT2D eigenvalue weighted by atomic mass is 10.1. The first-order chi connectivity index (χ1) is 66.4. The van der Waals surface area contributed by atoms with Crippen LogP contribution in [-0.2, 0) is 32.1 Å². The molecule has 0 unspecified atom stereocenters. The largest absolute Gasteiger partial charge is 0.586 e. The molecule has 0 atom stereocenters. The first kappa shape index (κ1) is 104. The van der Waals surface area contributed by atoms with Gasteiger partial charge in [-0.3, -0.25) is 43.6 Å². The summed E-state index contributed by atoms with van der Waals surface area (Å²) in [4.78, 5) is 85.7. The normalized spacial score (nSPS) is 11.9. The standard InChI is InChI=1S/C19H11ClF3N3O3.C19H13F6N3O.C19H15F5N4O.C19H17F2N3O2S.C18H11F5N2O2/c1-9-3-2-4-12(21)17(9)18(27)26-16-8-24-13(7-25-16)10-5-14-15(6-11(10)20)29-19(22,23)28-14;1-9-3-6-12(20)16(17(9)22)18(29)26-10-4-5-11(13(21)7-10)14-8-15(19(23,24)25)27-28(14)2;1-3-28-13(8-14(27-28)19(22,23)24)11-5-7-15(25-9-11)26-18(29)16-12(20)6-4-10(2)17(16)21;1-4-26-15-7-11(3)12(8-22-15)14-9-23-19(27-14)24-18(25)16-13(20)6-5-10(2)17(16)21;1-9-15(25-17(27-9)18(21,22)23)10-5-7-11(8-6-10)24-16(26)14-12(19)3-2-4-13(14)20/h2-8H,1H3,(H,25,26,27);3-8H,1-2H3,(H,26,29);4-9H,3H2,1-2H3,(H,25,26,29);5-9H,4H2,1-3H3,(H,23,24,25);2-8H,1H3,(H,24,26). The number of rotatable bonds is 18. The number of hydrogen-bond acceptors (Lipinski definition) is 18. The van der Waals surface area contributed by atoms with Gasteiger partial charge in [0.1, 0.15) is 97.7 Å². The van der Waals surface area contributed by atoms with Crippen molar-refractivity contribution >= 4 is 80.6 Å². The van der Waals surface area contributed by atoms with Gasteiger partial charge in [-0.05, 0) is 180 Å². The monoisotopic (exact) mass is 2020 g/mol. The third-order valence-electron chi connectivity index (χ3n) is 20.0. The van der Waals surface area contributed by atoms with Crippen molar-refractivity contribution < 1.29 is 135 Å². The van der Waals surface area contributed by atoms with Crippen LogP contribution >= 0.6 is 22.9 Å². The average molecular weight is 2020 g/mol. The van der Waals surface area contributed by atoms with Gasteiger partial charge in [-0.25, -0.2) is 68.8 Å². The van der Waals surface area contributed by atoms with Crippen LogP contribution in [0, 0.1) is 99.7 Å². The second kappa shape index (κ2) is 42.9. The lowest BCUT2D eigenvalue weighted by molar-refractivity contribution is -0.286. The molecule has 0 fully saturated rings. The molecule has 47 heteroatoms. The number of aryl methyl sites for hydroxylation is 8. The fraction of sp³-hybridized carbons (Fsp3) is 0.160. The molecule has 0 saturated carbocycles. The minimum atomic E-state index is -4.71. The molecule has 0 bridgehead atoms. The second-order valence-corrected chi connectivity index (χ2v) is 31.3. The Kier molecular flexibility index (Phi) is 31.6. The number of thiazole rings is 1. The van der Waals surface area contributed by atoms with Gasteiger partial charge in [0.05, 0.1) is 51.5 Å². The lowest BCUT2D eigenvalue weighted by Crippen LogP contribution is -2.25. The highest BCUT2D eigenvalue weighted by molar-refractivity contribution is 7.19. The maximum atomic E-state index is 14.5. The molecule has 5 N–H and O–H groups in total. The predicted molar refractivity (Wildman–Crippen MR) is 472 cm³/mol. The number of halogens is 22. The van der Waals surface area contributed by atoms with Crippen molar-refractivity contribution in [2.24, 2.45) is 7.05 Å². The van der Waals surface area contributed by atoms with E-state index < -0.39 is 152 Å². The lowest BCUT2D eigenvalue weighted by Gasteiger charge is -2.10. The van der Waals surface area contributed by atoms with E-state index in [1.54, 1.807) is 32.3 Å². The molecule has 24 nitrogen and oxygen atoms in total. The molecule has 0 radical (unpaired) electrons. The van der Waals surface area contributed by atoms with Gasteiger partial charge in [0.25, 0.3) is 29.5 Å². The Labute approximate surface area is 791 Å². The number of benzene rings is 8. The molecule has 5 amide bonds. The van der Waals surface area contributed by atoms with Gasteiger partial charge in [-0.1, -0.05) is 71.5 Å². The summed E-state index contributed by atoms with van der Waals surface area (Å²) in [6, 6.07) is 31.2. The highest BCUT2D eigenvalue weighted by atomic mass is 35.5. The van der Waals surface area contributed by atoms with Gasteiger partial charge in [0.15, 0.2) is 33.8 Å². The van der Waals surface area contributed by atoms with Crippen LogP contribution in [0.15, 0.2) is 193 Å². The van der Waals surface area contributed by atoms with E-state index in [4.69, 9.17) is 16.3 Å². The summed E-state index contributed by atoms with van der Waals surface area (Å²) in [5.74, 6) is -15.4. The molecule has 15 aromatic rings. The Morgan fingerprint density at radius 3 is 1.46 bits per heavy atom. The van der Waals surface area contributed by atoms with Crippen molar-refractivity contribution in [2.45, 2.75) is 86.8 Å². The van der Waals surface area contributed by atoms with E-state index >= 15 is 0 Å². The summed E-state index contributed by atoms with van der Waals surface area (Å²) in [7, 11) is 1.23. The molecule has 141 heavy (non-hydrogen) atoms. The molecular weight excluding hydrogens is 1950 g/mol. The smallest absolute Gasteiger partial charge is 0.478 e. The highest BCUT2D eigenvalue weighted by Crippen LogP contribution is 2.47. The number of pyridine rings is 2. The number of nitrogens with one attached hydrogen (secondary N) is 5. The number of aromatic nitrogens is 10. The van der Waals surface area contributed by atoms with E-state index in [1.165, 1.54) is 154 Å². The van der Waals surface area contributed by atoms with Crippen LogP contribution in [0.25, 0.3) is 55.5 Å². The van der Waals surface area contributed by atoms with E-state index in [0.29, 0.717) is 35.2 Å². The van der Waals surface area contributed by atoms with E-state index in [1.807, 2.05) is 19.9 Å². The van der Waals surface area contributed by atoms with Crippen molar-refractivity contribution in [1.82, 2.24) is 49.5 Å². The third kappa shape index (κ3) is 24.8. The maximum Gasteiger partial charge on any atom is 0.586 e. The molecule has 0 saturated heterocycles. The van der Waals surface area contributed by atoms with E-state index in [0.717, 1.165) is 75.3 Å². The van der Waals surface area contributed by atoms with Gasteiger partial charge in [0, 0.05) is 83.5 Å². The molecule has 7 aromatic heterocycles. The van der Waals surface area contributed by atoms with Gasteiger partial charge in [-0.2, -0.15) is 49.7 Å². The van der Waals surface area contributed by atoms with Crippen LogP contribution in [0.3, 0.4) is 0 Å². The van der Waals surface area contributed by atoms with Crippen LogP contribution in [0.5, 0.6) is 17.4 Å². The molecule has 0 aliphatic carbocycles. The van der Waals surface area contributed by atoms with Crippen molar-refractivity contribution in [1.29, 1.82) is 0 Å². The van der Waals surface area contributed by atoms with Gasteiger partial charge in [-0.15, -0.1) is 8.78 Å². The SMILES string of the molecule is CCOc1cc(C)c(-c2cnc(NC(=O)c3c(F)ccc(C)c3F)s2)cn1.CCn1nc(C(F)(F)F)cc1-c1ccc(NC(=O)c2c(F)ccc(C)c2F)nc1.Cc1ccc(F)c(C(=O)Nc2ccc(-c3cc(C(F)(F)F)nn3C)c(F)c2)c1F.Cc1cccc(F)c1C(=O)Nc1cnc(-c2cc3c(cc2Cl)OC(F)(F)O3)cn1.Cc1oc(C(F)(F)F)nc1-c1ccc(NC(=O)c2c(F)cccc2F)cc1. The zero-order chi connectivity index (χ0) is 103. The maximum absolute atomic E-state index is 14.5. The van der Waals surface area contributed by atoms with Gasteiger partial charge >= 0.3 is 30.7 Å². The second-order valence-electron chi connectivity index (χ2n) is 29.9. The summed E-state index contributed by atoms with van der Waals surface area (Å²) < 4.78 is 302. The molecule has 1 aliphatic heterocycles. The number of carbonyl (C=O) groups excluding carboxylic acids is 5. The van der Waals surface area contributed by atoms with Crippen LogP contribution in [0.2, 0.25) is 5.02 Å². The predicted octanol–water partition coefficient (Wildman–Crippen LogP) is 24.7. The quantitative estimate of drug-likeness (QED) is 0.0499. The Hall–Kier alpha value is -16.0. The molecule has 1 aliphatic rings. The number of alkyl halides is 11. The molecule has 8 aromatic carbocycles. The fourth-order valence-electron chi connectivity index (χ4n) is 13.1. The number of oxazole rings is 1. The summed E-state index contributed by atoms with van der Waals surface area (Å²) >= 11 is 7.30. The minimum absolute atomic E-state index is 0.000324. The van der Waals surface area contributed by atoms with E-state index in [9.17, 15) is 116 Å². The van der Waals surface area contributed by atoms with Crippen LogP contribution < -0.4 is 40.8 Å². The summed E-state index contributed by atoms with van der Waals surface area (Å²) in [6.45, 7) is 13.3. The molecule has 732 valence electrons. The fourth-order valence-corrected chi connectivity index (χ4v) is 14.2. The van der Waals surface area contributed by atoms with Crippen LogP contribution in [-0.4, -0.2) is 91.9 Å². The zero-order valence-corrected chi connectivity index (χ0v) is 75.3. The minimum Gasteiger partial charge on any atom is -0.478 e. The average Bonchev–Trinajstić information content (AvgIpc) is 1.64. The van der Waals surface area contributed by atoms with Gasteiger partial charge < -0.3 is 39.9 Å². The first-order valence-corrected chi connectivity index (χ1v) is 41.8. The van der Waals surface area contributed by atoms with Crippen LogP contribution in [0.4, 0.5) is 120 Å². The third-order valence-corrected chi connectivity index (χ3v) is 21.3. The first-order valence-electron chi connectivity index (χ1n) is 40.7. The number of anilines is 5. The van der Waals surface area contributed by atoms with Crippen molar-refractivity contribution in [3.05, 3.63) is 331 Å². The topological polar surface area (TPSA) is 299 Å². The number of amides is 5. The van der Waals surface area contributed by atoms with E-state index in [-0.39, 0.29) is 113 Å². The highest BCUT2D eigenvalue weighted by Gasteiger charge is 2.45. The van der Waals surface area contributed by atoms with Crippen LogP contribution in [0.1, 0.15) is 116 Å². The number of nitrogens with zero attached hydrogens (tertiary/aromatic N) is 10. The Balaban J connectivity index is 0.000000158.